The molecule has 0 saturated heterocycles. The van der Waals surface area contributed by atoms with E-state index < -0.39 is 0 Å². The van der Waals surface area contributed by atoms with Crippen molar-refractivity contribution < 1.29 is 4.39 Å². The summed E-state index contributed by atoms with van der Waals surface area (Å²) in [7, 11) is 0. The van der Waals surface area contributed by atoms with Crippen LogP contribution in [0.4, 0.5) is 4.39 Å². The molecule has 2 aromatic rings. The second-order valence-electron chi connectivity index (χ2n) is 4.14. The van der Waals surface area contributed by atoms with Gasteiger partial charge in [-0.2, -0.15) is 0 Å². The fourth-order valence-electron chi connectivity index (χ4n) is 1.76. The fourth-order valence-corrected chi connectivity index (χ4v) is 1.76. The lowest BCUT2D eigenvalue weighted by Crippen LogP contribution is -2.06. The Morgan fingerprint density at radius 3 is 2.76 bits per heavy atom. The number of hydrogen-bond donors (Lipinski definition) is 1. The molecule has 0 atom stereocenters. The lowest BCUT2D eigenvalue weighted by atomic mass is 10.1. The summed E-state index contributed by atoms with van der Waals surface area (Å²) in [6.07, 6.45) is 0. The van der Waals surface area contributed by atoms with Gasteiger partial charge in [-0.1, -0.05) is 17.3 Å². The van der Waals surface area contributed by atoms with Crippen LogP contribution in [-0.4, -0.2) is 15.0 Å². The van der Waals surface area contributed by atoms with Crippen LogP contribution in [0.15, 0.2) is 24.3 Å². The molecule has 1 aromatic heterocycles. The molecule has 0 amide bonds. The van der Waals surface area contributed by atoms with Crippen molar-refractivity contribution in [3.63, 3.8) is 0 Å². The Hall–Kier alpha value is -1.75. The van der Waals surface area contributed by atoms with Crippen LogP contribution in [-0.2, 0) is 6.54 Å². The third kappa shape index (κ3) is 2.19. The number of nitrogens with two attached hydrogens (primary N) is 1. The van der Waals surface area contributed by atoms with Crippen LogP contribution in [0.1, 0.15) is 25.6 Å². The van der Waals surface area contributed by atoms with Gasteiger partial charge in [-0.15, -0.1) is 5.10 Å². The van der Waals surface area contributed by atoms with Crippen LogP contribution < -0.4 is 5.73 Å². The first kappa shape index (κ1) is 11.7. The highest BCUT2D eigenvalue weighted by Gasteiger charge is 2.15. The van der Waals surface area contributed by atoms with Crippen LogP contribution in [0.25, 0.3) is 11.3 Å². The molecule has 17 heavy (non-hydrogen) atoms. The Bertz CT molecular complexity index is 519. The highest BCUT2D eigenvalue weighted by Crippen LogP contribution is 2.25. The van der Waals surface area contributed by atoms with E-state index in [2.05, 4.69) is 10.3 Å². The molecule has 0 bridgehead atoms. The predicted molar refractivity (Wildman–Crippen MR) is 63.7 cm³/mol. The monoisotopic (exact) mass is 234 g/mol. The van der Waals surface area contributed by atoms with Gasteiger partial charge in [-0.05, 0) is 26.0 Å². The van der Waals surface area contributed by atoms with E-state index in [1.165, 1.54) is 12.1 Å². The zero-order chi connectivity index (χ0) is 12.4. The molecule has 0 fully saturated rings. The van der Waals surface area contributed by atoms with Gasteiger partial charge in [0.15, 0.2) is 0 Å². The van der Waals surface area contributed by atoms with Crippen LogP contribution in [0.5, 0.6) is 0 Å². The summed E-state index contributed by atoms with van der Waals surface area (Å²) in [5, 5.41) is 8.08. The SMILES string of the molecule is CC(C)n1nnc(CN)c1-c1cccc(F)c1. The molecule has 0 radical (unpaired) electrons. The third-order valence-electron chi connectivity index (χ3n) is 2.54. The molecule has 0 saturated carbocycles. The van der Waals surface area contributed by atoms with Crippen molar-refractivity contribution in [2.45, 2.75) is 26.4 Å². The second-order valence-corrected chi connectivity index (χ2v) is 4.14. The molecule has 2 rings (SSSR count). The zero-order valence-electron chi connectivity index (χ0n) is 9.89. The largest absolute Gasteiger partial charge is 0.325 e. The quantitative estimate of drug-likeness (QED) is 0.885. The summed E-state index contributed by atoms with van der Waals surface area (Å²) >= 11 is 0. The summed E-state index contributed by atoms with van der Waals surface area (Å²) < 4.78 is 15.0. The first-order valence-corrected chi connectivity index (χ1v) is 5.53. The van der Waals surface area contributed by atoms with Crippen molar-refractivity contribution in [3.8, 4) is 11.3 Å². The standard InChI is InChI=1S/C12H15FN4/c1-8(2)17-12(11(7-14)15-16-17)9-4-3-5-10(13)6-9/h3-6,8H,7,14H2,1-2H3. The number of nitrogens with zero attached hydrogens (tertiary/aromatic N) is 3. The molecule has 4 nitrogen and oxygen atoms in total. The molecule has 0 unspecified atom stereocenters. The van der Waals surface area contributed by atoms with Gasteiger partial charge in [0, 0.05) is 18.2 Å². The lowest BCUT2D eigenvalue weighted by Gasteiger charge is -2.10. The van der Waals surface area contributed by atoms with Gasteiger partial charge in [0.25, 0.3) is 0 Å². The molecule has 0 aliphatic carbocycles. The van der Waals surface area contributed by atoms with Crippen molar-refractivity contribution in [2.75, 3.05) is 0 Å². The first-order chi connectivity index (χ1) is 8.13. The molecule has 0 aliphatic rings. The normalized spacial score (nSPS) is 11.1. The van der Waals surface area contributed by atoms with Gasteiger partial charge in [-0.3, -0.25) is 0 Å². The molecule has 90 valence electrons. The summed E-state index contributed by atoms with van der Waals surface area (Å²) in [6.45, 7) is 4.29. The van der Waals surface area contributed by atoms with Gasteiger partial charge < -0.3 is 5.73 Å². The average molecular weight is 234 g/mol. The molecular weight excluding hydrogens is 219 g/mol. The minimum Gasteiger partial charge on any atom is -0.325 e. The zero-order valence-corrected chi connectivity index (χ0v) is 9.89. The Morgan fingerprint density at radius 1 is 1.41 bits per heavy atom. The van der Waals surface area contributed by atoms with Crippen molar-refractivity contribution in [2.24, 2.45) is 5.73 Å². The number of halogens is 1. The summed E-state index contributed by atoms with van der Waals surface area (Å²) in [5.41, 5.74) is 7.86. The van der Waals surface area contributed by atoms with Crippen LogP contribution in [0.2, 0.25) is 0 Å². The van der Waals surface area contributed by atoms with E-state index in [1.54, 1.807) is 10.7 Å². The number of benzene rings is 1. The predicted octanol–water partition coefficient (Wildman–Crippen LogP) is 2.12. The minimum absolute atomic E-state index is 0.154. The second kappa shape index (κ2) is 4.63. The summed E-state index contributed by atoms with van der Waals surface area (Å²) in [6, 6.07) is 6.54. The molecule has 1 heterocycles. The molecule has 0 aliphatic heterocycles. The van der Waals surface area contributed by atoms with Crippen LogP contribution in [0, 0.1) is 5.82 Å². The Morgan fingerprint density at radius 2 is 2.18 bits per heavy atom. The molecule has 0 spiro atoms. The Balaban J connectivity index is 2.60. The van der Waals surface area contributed by atoms with E-state index in [0.29, 0.717) is 12.2 Å². The number of hydrogen-bond acceptors (Lipinski definition) is 3. The summed E-state index contributed by atoms with van der Waals surface area (Å²) in [5.74, 6) is -0.276. The number of aromatic nitrogens is 3. The van der Waals surface area contributed by atoms with Crippen LogP contribution in [0.3, 0.4) is 0 Å². The topological polar surface area (TPSA) is 56.7 Å². The van der Waals surface area contributed by atoms with Gasteiger partial charge in [-0.25, -0.2) is 9.07 Å². The van der Waals surface area contributed by atoms with E-state index in [1.807, 2.05) is 19.9 Å². The third-order valence-corrected chi connectivity index (χ3v) is 2.54. The van der Waals surface area contributed by atoms with Gasteiger partial charge in [0.2, 0.25) is 0 Å². The van der Waals surface area contributed by atoms with Gasteiger partial charge in [0.05, 0.1) is 5.69 Å². The maximum Gasteiger partial charge on any atom is 0.123 e. The average Bonchev–Trinajstić information content (AvgIpc) is 2.72. The van der Waals surface area contributed by atoms with Gasteiger partial charge >= 0.3 is 0 Å². The molecular formula is C12H15FN4. The van der Waals surface area contributed by atoms with E-state index in [4.69, 9.17) is 5.73 Å². The first-order valence-electron chi connectivity index (χ1n) is 5.53. The maximum absolute atomic E-state index is 13.2. The highest BCUT2D eigenvalue weighted by molar-refractivity contribution is 5.62. The van der Waals surface area contributed by atoms with Crippen molar-refractivity contribution >= 4 is 0 Å². The molecule has 1 aromatic carbocycles. The molecule has 5 heteroatoms. The van der Waals surface area contributed by atoms with Crippen LogP contribution >= 0.6 is 0 Å². The van der Waals surface area contributed by atoms with Crippen molar-refractivity contribution in [3.05, 3.63) is 35.8 Å². The highest BCUT2D eigenvalue weighted by atomic mass is 19.1. The maximum atomic E-state index is 13.2. The minimum atomic E-state index is -0.276. The molecule has 2 N–H and O–H groups in total. The number of rotatable bonds is 3. The van der Waals surface area contributed by atoms with Gasteiger partial charge in [0.1, 0.15) is 11.5 Å². The Kier molecular flexibility index (Phi) is 3.19. The lowest BCUT2D eigenvalue weighted by molar-refractivity contribution is 0.519. The van der Waals surface area contributed by atoms with E-state index in [-0.39, 0.29) is 11.9 Å². The van der Waals surface area contributed by atoms with E-state index in [0.717, 1.165) is 11.3 Å². The summed E-state index contributed by atoms with van der Waals surface area (Å²) in [4.78, 5) is 0. The van der Waals surface area contributed by atoms with E-state index in [9.17, 15) is 4.39 Å². The van der Waals surface area contributed by atoms with E-state index >= 15 is 0 Å². The smallest absolute Gasteiger partial charge is 0.123 e. The van der Waals surface area contributed by atoms with Crippen molar-refractivity contribution in [1.82, 2.24) is 15.0 Å². The van der Waals surface area contributed by atoms with Crippen molar-refractivity contribution in [1.29, 1.82) is 0 Å². The Labute approximate surface area is 99.2 Å². The fraction of sp³-hybridized carbons (Fsp3) is 0.333.